The van der Waals surface area contributed by atoms with Crippen molar-refractivity contribution in [3.8, 4) is 11.4 Å². The van der Waals surface area contributed by atoms with E-state index in [2.05, 4.69) is 25.3 Å². The first-order chi connectivity index (χ1) is 12.3. The molecule has 0 atom stereocenters. The maximum absolute atomic E-state index is 11.9. The summed E-state index contributed by atoms with van der Waals surface area (Å²) >= 11 is 1.41. The molecule has 3 heterocycles. The third-order valence-electron chi connectivity index (χ3n) is 3.23. The number of carbonyl (C=O) groups is 1. The van der Waals surface area contributed by atoms with Crippen LogP contribution in [0.15, 0.2) is 42.9 Å². The van der Waals surface area contributed by atoms with Crippen LogP contribution >= 0.6 is 11.3 Å². The van der Waals surface area contributed by atoms with Crippen LogP contribution in [0.3, 0.4) is 0 Å². The standard InChI is InChI=1S/C17H17N5O2S/c1-2-24-15(23)10-13-16(12-6-3-4-7-18-12)22-17(25-13)21-11-14-19-8-5-9-20-14/h3-9H,2,10-11H2,1H3,(H,21,22). The molecule has 3 aromatic heterocycles. The highest BCUT2D eigenvalue weighted by Crippen LogP contribution is 2.30. The third kappa shape index (κ3) is 4.57. The average Bonchev–Trinajstić information content (AvgIpc) is 3.04. The van der Waals surface area contributed by atoms with Crippen LogP contribution in [0.4, 0.5) is 5.13 Å². The summed E-state index contributed by atoms with van der Waals surface area (Å²) in [5.41, 5.74) is 1.41. The molecular weight excluding hydrogens is 338 g/mol. The van der Waals surface area contributed by atoms with Crippen LogP contribution in [-0.2, 0) is 22.5 Å². The maximum atomic E-state index is 11.9. The van der Waals surface area contributed by atoms with Gasteiger partial charge in [-0.1, -0.05) is 6.07 Å². The second kappa shape index (κ2) is 8.29. The van der Waals surface area contributed by atoms with Crippen molar-refractivity contribution in [1.82, 2.24) is 19.9 Å². The van der Waals surface area contributed by atoms with E-state index < -0.39 is 0 Å². The summed E-state index contributed by atoms with van der Waals surface area (Å²) in [4.78, 5) is 30.0. The van der Waals surface area contributed by atoms with Gasteiger partial charge in [-0.3, -0.25) is 9.78 Å². The Morgan fingerprint density at radius 2 is 1.96 bits per heavy atom. The molecule has 0 amide bonds. The number of nitrogens with zero attached hydrogens (tertiary/aromatic N) is 4. The Balaban J connectivity index is 1.82. The minimum Gasteiger partial charge on any atom is -0.466 e. The number of hydrogen-bond acceptors (Lipinski definition) is 8. The Hall–Kier alpha value is -2.87. The molecule has 0 unspecified atom stereocenters. The van der Waals surface area contributed by atoms with Crippen LogP contribution in [-0.4, -0.2) is 32.5 Å². The Morgan fingerprint density at radius 1 is 1.16 bits per heavy atom. The van der Waals surface area contributed by atoms with Gasteiger partial charge in [0.1, 0.15) is 11.5 Å². The van der Waals surface area contributed by atoms with Crippen LogP contribution in [0.5, 0.6) is 0 Å². The third-order valence-corrected chi connectivity index (χ3v) is 4.25. The van der Waals surface area contributed by atoms with E-state index in [-0.39, 0.29) is 12.4 Å². The monoisotopic (exact) mass is 355 g/mol. The topological polar surface area (TPSA) is 89.9 Å². The number of anilines is 1. The van der Waals surface area contributed by atoms with Crippen molar-refractivity contribution >= 4 is 22.4 Å². The van der Waals surface area contributed by atoms with E-state index in [1.165, 1.54) is 11.3 Å². The maximum Gasteiger partial charge on any atom is 0.311 e. The zero-order valence-electron chi connectivity index (χ0n) is 13.7. The molecule has 128 valence electrons. The molecule has 3 aromatic rings. The molecule has 0 fully saturated rings. The lowest BCUT2D eigenvalue weighted by atomic mass is 10.2. The van der Waals surface area contributed by atoms with Crippen molar-refractivity contribution in [3.63, 3.8) is 0 Å². The zero-order chi connectivity index (χ0) is 17.5. The molecule has 3 rings (SSSR count). The summed E-state index contributed by atoms with van der Waals surface area (Å²) in [6.45, 7) is 2.60. The van der Waals surface area contributed by atoms with Crippen molar-refractivity contribution in [3.05, 3.63) is 53.6 Å². The molecule has 0 saturated heterocycles. The van der Waals surface area contributed by atoms with Gasteiger partial charge in [0.25, 0.3) is 0 Å². The van der Waals surface area contributed by atoms with Gasteiger partial charge in [0, 0.05) is 23.5 Å². The SMILES string of the molecule is CCOC(=O)Cc1sc(NCc2ncccn2)nc1-c1ccccn1. The molecule has 1 N–H and O–H groups in total. The van der Waals surface area contributed by atoms with Crippen molar-refractivity contribution in [1.29, 1.82) is 0 Å². The fraction of sp³-hybridized carbons (Fsp3) is 0.235. The van der Waals surface area contributed by atoms with E-state index >= 15 is 0 Å². The van der Waals surface area contributed by atoms with Gasteiger partial charge in [-0.25, -0.2) is 15.0 Å². The number of ether oxygens (including phenoxy) is 1. The lowest BCUT2D eigenvalue weighted by Gasteiger charge is -2.01. The number of hydrogen-bond donors (Lipinski definition) is 1. The van der Waals surface area contributed by atoms with Gasteiger partial charge < -0.3 is 10.1 Å². The van der Waals surface area contributed by atoms with Crippen LogP contribution in [0, 0.1) is 0 Å². The molecule has 0 aromatic carbocycles. The first-order valence-electron chi connectivity index (χ1n) is 7.82. The molecule has 0 bridgehead atoms. The number of esters is 1. The van der Waals surface area contributed by atoms with Gasteiger partial charge in [0.15, 0.2) is 5.13 Å². The van der Waals surface area contributed by atoms with E-state index in [4.69, 9.17) is 4.74 Å². The highest BCUT2D eigenvalue weighted by atomic mass is 32.1. The Bertz CT molecular complexity index is 824. The van der Waals surface area contributed by atoms with Crippen LogP contribution in [0.25, 0.3) is 11.4 Å². The molecule has 0 aliphatic heterocycles. The number of thiazole rings is 1. The van der Waals surface area contributed by atoms with E-state index in [0.29, 0.717) is 29.8 Å². The first kappa shape index (κ1) is 17.0. The summed E-state index contributed by atoms with van der Waals surface area (Å²) in [5, 5.41) is 3.89. The van der Waals surface area contributed by atoms with Gasteiger partial charge in [0.05, 0.1) is 25.3 Å². The number of rotatable bonds is 7. The molecule has 0 spiro atoms. The summed E-state index contributed by atoms with van der Waals surface area (Å²) in [6.07, 6.45) is 5.25. The first-order valence-corrected chi connectivity index (χ1v) is 8.64. The molecule has 0 saturated carbocycles. The zero-order valence-corrected chi connectivity index (χ0v) is 14.5. The van der Waals surface area contributed by atoms with Gasteiger partial charge in [0.2, 0.25) is 0 Å². The largest absolute Gasteiger partial charge is 0.466 e. The summed E-state index contributed by atoms with van der Waals surface area (Å²) in [6, 6.07) is 7.37. The van der Waals surface area contributed by atoms with Crippen LogP contribution < -0.4 is 5.32 Å². The van der Waals surface area contributed by atoms with Crippen molar-refractivity contribution in [2.24, 2.45) is 0 Å². The molecule has 0 aliphatic rings. The molecule has 25 heavy (non-hydrogen) atoms. The van der Waals surface area contributed by atoms with Gasteiger partial charge in [-0.2, -0.15) is 0 Å². The highest BCUT2D eigenvalue weighted by molar-refractivity contribution is 7.16. The molecule has 0 aliphatic carbocycles. The minimum atomic E-state index is -0.277. The molecule has 8 heteroatoms. The fourth-order valence-corrected chi connectivity index (χ4v) is 3.12. The number of nitrogens with one attached hydrogen (secondary N) is 1. The minimum absolute atomic E-state index is 0.168. The quantitative estimate of drug-likeness (QED) is 0.652. The van der Waals surface area contributed by atoms with Crippen molar-refractivity contribution in [2.75, 3.05) is 11.9 Å². The second-order valence-electron chi connectivity index (χ2n) is 5.01. The predicted octanol–water partition coefficient (Wildman–Crippen LogP) is 2.71. The molecule has 7 nitrogen and oxygen atoms in total. The van der Waals surface area contributed by atoms with Crippen LogP contribution in [0.1, 0.15) is 17.6 Å². The summed E-state index contributed by atoms with van der Waals surface area (Å²) < 4.78 is 5.05. The van der Waals surface area contributed by atoms with E-state index in [0.717, 1.165) is 10.6 Å². The summed E-state index contributed by atoms with van der Waals surface area (Å²) in [7, 11) is 0. The number of aromatic nitrogens is 4. The Labute approximate surface area is 149 Å². The van der Waals surface area contributed by atoms with Gasteiger partial charge in [-0.15, -0.1) is 11.3 Å². The average molecular weight is 355 g/mol. The van der Waals surface area contributed by atoms with E-state index in [1.54, 1.807) is 31.6 Å². The lowest BCUT2D eigenvalue weighted by Crippen LogP contribution is -2.07. The Kier molecular flexibility index (Phi) is 5.63. The van der Waals surface area contributed by atoms with Gasteiger partial charge in [-0.05, 0) is 25.1 Å². The molecule has 0 radical (unpaired) electrons. The predicted molar refractivity (Wildman–Crippen MR) is 95.0 cm³/mol. The van der Waals surface area contributed by atoms with Gasteiger partial charge >= 0.3 is 5.97 Å². The van der Waals surface area contributed by atoms with E-state index in [9.17, 15) is 4.79 Å². The number of pyridine rings is 1. The Morgan fingerprint density at radius 3 is 2.68 bits per heavy atom. The molecular formula is C17H17N5O2S. The lowest BCUT2D eigenvalue weighted by molar-refractivity contribution is -0.142. The van der Waals surface area contributed by atoms with Crippen molar-refractivity contribution < 1.29 is 9.53 Å². The summed E-state index contributed by atoms with van der Waals surface area (Å²) in [5.74, 6) is 0.394. The second-order valence-corrected chi connectivity index (χ2v) is 6.09. The number of carbonyl (C=O) groups excluding carboxylic acids is 1. The fourth-order valence-electron chi connectivity index (χ4n) is 2.17. The van der Waals surface area contributed by atoms with E-state index in [1.807, 2.05) is 18.2 Å². The smallest absolute Gasteiger partial charge is 0.311 e. The van der Waals surface area contributed by atoms with Crippen LogP contribution in [0.2, 0.25) is 0 Å². The normalized spacial score (nSPS) is 10.4. The van der Waals surface area contributed by atoms with Crippen molar-refractivity contribution in [2.45, 2.75) is 19.9 Å². The highest BCUT2D eigenvalue weighted by Gasteiger charge is 2.17.